The maximum Gasteiger partial charge on any atom is 0.337 e. The van der Waals surface area contributed by atoms with Crippen molar-refractivity contribution in [2.45, 2.75) is 38.0 Å². The first kappa shape index (κ1) is 15.0. The molecule has 1 fully saturated rings. The molecule has 2 aromatic rings. The van der Waals surface area contributed by atoms with Crippen molar-refractivity contribution in [3.05, 3.63) is 52.7 Å². The smallest absolute Gasteiger partial charge is 0.337 e. The first-order valence-corrected chi connectivity index (χ1v) is 8.04. The molecule has 22 heavy (non-hydrogen) atoms. The van der Waals surface area contributed by atoms with Gasteiger partial charge in [0.2, 0.25) is 0 Å². The van der Waals surface area contributed by atoms with E-state index in [-0.39, 0.29) is 5.56 Å². The molecule has 4 heteroatoms. The molecule has 0 unspecified atom stereocenters. The summed E-state index contributed by atoms with van der Waals surface area (Å²) in [6, 6.07) is 10.8. The highest BCUT2D eigenvalue weighted by Gasteiger charge is 2.21. The van der Waals surface area contributed by atoms with Gasteiger partial charge < -0.3 is 5.11 Å². The number of carboxylic acid groups (broad SMARTS) is 1. The average Bonchev–Trinajstić information content (AvgIpc) is 2.55. The molecule has 1 saturated carbocycles. The average molecular weight is 316 g/mol. The van der Waals surface area contributed by atoms with Gasteiger partial charge in [0, 0.05) is 22.2 Å². The van der Waals surface area contributed by atoms with Gasteiger partial charge in [-0.25, -0.2) is 4.79 Å². The number of rotatable bonds is 3. The van der Waals surface area contributed by atoms with Gasteiger partial charge in [-0.1, -0.05) is 49.1 Å². The van der Waals surface area contributed by atoms with Crippen molar-refractivity contribution in [3.8, 4) is 11.3 Å². The molecule has 1 aliphatic carbocycles. The molecule has 0 radical (unpaired) electrons. The van der Waals surface area contributed by atoms with Gasteiger partial charge in [-0.05, 0) is 31.0 Å². The standard InChI is InChI=1S/C18H18ClNO2/c19-15-9-5-4-8-13(15)17-14(18(21)22)10-11-16(20-17)12-6-2-1-3-7-12/h4-5,8-12H,1-3,6-7H2,(H,21,22). The highest BCUT2D eigenvalue weighted by molar-refractivity contribution is 6.33. The Kier molecular flexibility index (Phi) is 4.44. The van der Waals surface area contributed by atoms with Crippen LogP contribution >= 0.6 is 11.6 Å². The van der Waals surface area contributed by atoms with Crippen LogP contribution in [0.5, 0.6) is 0 Å². The molecule has 0 atom stereocenters. The monoisotopic (exact) mass is 315 g/mol. The van der Waals surface area contributed by atoms with Gasteiger partial charge >= 0.3 is 5.97 Å². The van der Waals surface area contributed by atoms with E-state index in [0.717, 1.165) is 18.5 Å². The lowest BCUT2D eigenvalue weighted by molar-refractivity contribution is 0.0697. The first-order valence-electron chi connectivity index (χ1n) is 7.66. The lowest BCUT2D eigenvalue weighted by atomic mass is 9.86. The molecule has 0 aliphatic heterocycles. The molecule has 0 spiro atoms. The van der Waals surface area contributed by atoms with Crippen LogP contribution in [-0.2, 0) is 0 Å². The molecule has 1 heterocycles. The maximum absolute atomic E-state index is 11.5. The topological polar surface area (TPSA) is 50.2 Å². The van der Waals surface area contributed by atoms with E-state index in [0.29, 0.717) is 22.2 Å². The number of nitrogens with zero attached hydrogens (tertiary/aromatic N) is 1. The van der Waals surface area contributed by atoms with Crippen LogP contribution in [0.25, 0.3) is 11.3 Å². The van der Waals surface area contributed by atoms with Crippen LogP contribution in [-0.4, -0.2) is 16.1 Å². The van der Waals surface area contributed by atoms with Crippen molar-refractivity contribution >= 4 is 17.6 Å². The second-order valence-corrected chi connectivity index (χ2v) is 6.16. The molecular weight excluding hydrogens is 298 g/mol. The number of carboxylic acids is 1. The van der Waals surface area contributed by atoms with Gasteiger partial charge in [0.25, 0.3) is 0 Å². The Labute approximate surface area is 135 Å². The van der Waals surface area contributed by atoms with E-state index in [1.54, 1.807) is 12.1 Å². The normalized spacial score (nSPS) is 15.7. The summed E-state index contributed by atoms with van der Waals surface area (Å²) in [4.78, 5) is 16.2. The van der Waals surface area contributed by atoms with E-state index in [2.05, 4.69) is 4.98 Å². The first-order chi connectivity index (χ1) is 10.7. The van der Waals surface area contributed by atoms with Crippen LogP contribution < -0.4 is 0 Å². The number of pyridine rings is 1. The van der Waals surface area contributed by atoms with Crippen molar-refractivity contribution in [2.75, 3.05) is 0 Å². The van der Waals surface area contributed by atoms with Crippen LogP contribution in [0.15, 0.2) is 36.4 Å². The minimum absolute atomic E-state index is 0.202. The van der Waals surface area contributed by atoms with Crippen molar-refractivity contribution in [1.82, 2.24) is 4.98 Å². The van der Waals surface area contributed by atoms with Crippen molar-refractivity contribution in [3.63, 3.8) is 0 Å². The van der Waals surface area contributed by atoms with E-state index >= 15 is 0 Å². The summed E-state index contributed by atoms with van der Waals surface area (Å²) in [5, 5.41) is 9.96. The molecule has 0 saturated heterocycles. The predicted molar refractivity (Wildman–Crippen MR) is 87.5 cm³/mol. The zero-order valence-electron chi connectivity index (χ0n) is 12.3. The van der Waals surface area contributed by atoms with Gasteiger partial charge in [0.05, 0.1) is 11.3 Å². The molecule has 1 N–H and O–H groups in total. The van der Waals surface area contributed by atoms with E-state index in [9.17, 15) is 9.90 Å². The Morgan fingerprint density at radius 1 is 1.09 bits per heavy atom. The fourth-order valence-corrected chi connectivity index (χ4v) is 3.36. The zero-order chi connectivity index (χ0) is 15.5. The molecule has 1 aromatic heterocycles. The number of halogens is 1. The number of aromatic carboxylic acids is 1. The van der Waals surface area contributed by atoms with Crippen LogP contribution in [0, 0.1) is 0 Å². The summed E-state index contributed by atoms with van der Waals surface area (Å²) < 4.78 is 0. The highest BCUT2D eigenvalue weighted by Crippen LogP contribution is 2.35. The van der Waals surface area contributed by atoms with E-state index in [1.807, 2.05) is 24.3 Å². The Morgan fingerprint density at radius 3 is 2.50 bits per heavy atom. The number of hydrogen-bond acceptors (Lipinski definition) is 2. The largest absolute Gasteiger partial charge is 0.478 e. The molecule has 1 aromatic carbocycles. The third-order valence-corrected chi connectivity index (χ3v) is 4.63. The number of aromatic nitrogens is 1. The van der Waals surface area contributed by atoms with E-state index in [4.69, 9.17) is 11.6 Å². The van der Waals surface area contributed by atoms with Gasteiger partial charge in [-0.2, -0.15) is 0 Å². The summed E-state index contributed by atoms with van der Waals surface area (Å²) >= 11 is 6.24. The Morgan fingerprint density at radius 2 is 1.82 bits per heavy atom. The van der Waals surface area contributed by atoms with Gasteiger partial charge in [-0.15, -0.1) is 0 Å². The van der Waals surface area contributed by atoms with E-state index < -0.39 is 5.97 Å². The van der Waals surface area contributed by atoms with Crippen LogP contribution in [0.1, 0.15) is 54.1 Å². The predicted octanol–water partition coefficient (Wildman–Crippen LogP) is 5.15. The number of hydrogen-bond donors (Lipinski definition) is 1. The Bertz CT molecular complexity index is 693. The van der Waals surface area contributed by atoms with Crippen molar-refractivity contribution in [2.24, 2.45) is 0 Å². The molecule has 0 bridgehead atoms. The Balaban J connectivity index is 2.09. The SMILES string of the molecule is O=C(O)c1ccc(C2CCCCC2)nc1-c1ccccc1Cl. The minimum atomic E-state index is -0.974. The Hall–Kier alpha value is -1.87. The van der Waals surface area contributed by atoms with E-state index in [1.165, 1.54) is 19.3 Å². The third-order valence-electron chi connectivity index (χ3n) is 4.30. The van der Waals surface area contributed by atoms with Crippen LogP contribution in [0.4, 0.5) is 0 Å². The minimum Gasteiger partial charge on any atom is -0.478 e. The second kappa shape index (κ2) is 6.49. The van der Waals surface area contributed by atoms with Gasteiger partial charge in [0.1, 0.15) is 0 Å². The fraction of sp³-hybridized carbons (Fsp3) is 0.333. The molecular formula is C18H18ClNO2. The molecule has 3 rings (SSSR count). The lowest BCUT2D eigenvalue weighted by Gasteiger charge is -2.22. The molecule has 1 aliphatic rings. The highest BCUT2D eigenvalue weighted by atomic mass is 35.5. The zero-order valence-corrected chi connectivity index (χ0v) is 13.0. The summed E-state index contributed by atoms with van der Waals surface area (Å²) in [6.07, 6.45) is 5.97. The van der Waals surface area contributed by atoms with Gasteiger partial charge in [0.15, 0.2) is 0 Å². The summed E-state index contributed by atoms with van der Waals surface area (Å²) in [5.74, 6) is -0.546. The number of benzene rings is 1. The summed E-state index contributed by atoms with van der Waals surface area (Å²) in [5.41, 5.74) is 2.34. The number of carbonyl (C=O) groups is 1. The second-order valence-electron chi connectivity index (χ2n) is 5.75. The van der Waals surface area contributed by atoms with Crippen LogP contribution in [0.3, 0.4) is 0 Å². The molecule has 114 valence electrons. The van der Waals surface area contributed by atoms with Crippen molar-refractivity contribution in [1.29, 1.82) is 0 Å². The summed E-state index contributed by atoms with van der Waals surface area (Å²) in [7, 11) is 0. The quantitative estimate of drug-likeness (QED) is 0.852. The fourth-order valence-electron chi connectivity index (χ4n) is 3.13. The molecule has 0 amide bonds. The van der Waals surface area contributed by atoms with Crippen LogP contribution in [0.2, 0.25) is 5.02 Å². The van der Waals surface area contributed by atoms with Gasteiger partial charge in [-0.3, -0.25) is 4.98 Å². The van der Waals surface area contributed by atoms with Crippen molar-refractivity contribution < 1.29 is 9.90 Å². The third kappa shape index (κ3) is 3.00. The molecule has 3 nitrogen and oxygen atoms in total. The summed E-state index contributed by atoms with van der Waals surface area (Å²) in [6.45, 7) is 0. The maximum atomic E-state index is 11.5. The lowest BCUT2D eigenvalue weighted by Crippen LogP contribution is -2.10.